The van der Waals surface area contributed by atoms with E-state index in [4.69, 9.17) is 4.74 Å². The van der Waals surface area contributed by atoms with Crippen LogP contribution in [0.25, 0.3) is 0 Å². The minimum atomic E-state index is 0.789. The van der Waals surface area contributed by atoms with E-state index in [1.807, 2.05) is 18.2 Å². The van der Waals surface area contributed by atoms with Gasteiger partial charge in [0.25, 0.3) is 0 Å². The zero-order valence-corrected chi connectivity index (χ0v) is 12.6. The molecule has 0 saturated heterocycles. The van der Waals surface area contributed by atoms with Crippen molar-refractivity contribution in [2.24, 2.45) is 0 Å². The fourth-order valence-corrected chi connectivity index (χ4v) is 2.48. The molecule has 0 aliphatic heterocycles. The molecule has 0 unspecified atom stereocenters. The number of hydrogen-bond donors (Lipinski definition) is 0. The summed E-state index contributed by atoms with van der Waals surface area (Å²) in [7, 11) is 0. The van der Waals surface area contributed by atoms with Crippen LogP contribution in [0.15, 0.2) is 54.6 Å². The molecule has 2 heteroatoms. The molecule has 0 bridgehead atoms. The Kier molecular flexibility index (Phi) is 5.96. The van der Waals surface area contributed by atoms with Gasteiger partial charge in [-0.1, -0.05) is 64.5 Å². The number of benzene rings is 2. The van der Waals surface area contributed by atoms with Crippen LogP contribution in [-0.4, -0.2) is 6.61 Å². The molecule has 19 heavy (non-hydrogen) atoms. The Hall–Kier alpha value is -1.28. The van der Waals surface area contributed by atoms with E-state index < -0.39 is 0 Å². The highest BCUT2D eigenvalue weighted by Gasteiger charge is 2.00. The number of hydrogen-bond acceptors (Lipinski definition) is 1. The molecule has 0 aliphatic carbocycles. The lowest BCUT2D eigenvalue weighted by Gasteiger charge is -2.09. The molecular weight excluding hydrogens is 300 g/mol. The number of alkyl halides is 1. The molecule has 1 nitrogen and oxygen atoms in total. The first-order chi connectivity index (χ1) is 9.40. The maximum absolute atomic E-state index is 5.84. The molecule has 0 aromatic heterocycles. The normalized spacial score (nSPS) is 10.4. The molecule has 0 atom stereocenters. The van der Waals surface area contributed by atoms with Gasteiger partial charge in [-0.05, 0) is 30.9 Å². The van der Waals surface area contributed by atoms with Gasteiger partial charge in [0.1, 0.15) is 5.75 Å². The van der Waals surface area contributed by atoms with Gasteiger partial charge < -0.3 is 4.74 Å². The predicted octanol–water partition coefficient (Wildman–Crippen LogP) is 4.98. The highest BCUT2D eigenvalue weighted by molar-refractivity contribution is 9.08. The van der Waals surface area contributed by atoms with E-state index in [2.05, 4.69) is 52.3 Å². The average molecular weight is 319 g/mol. The van der Waals surface area contributed by atoms with Crippen LogP contribution in [0, 0.1) is 0 Å². The van der Waals surface area contributed by atoms with Crippen molar-refractivity contribution in [3.8, 4) is 5.75 Å². The Morgan fingerprint density at radius 2 is 1.58 bits per heavy atom. The summed E-state index contributed by atoms with van der Waals surface area (Å²) in [6.07, 6.45) is 3.39. The molecule has 2 aromatic carbocycles. The monoisotopic (exact) mass is 318 g/mol. The third-order valence-corrected chi connectivity index (χ3v) is 3.68. The quantitative estimate of drug-likeness (QED) is 0.516. The van der Waals surface area contributed by atoms with Gasteiger partial charge in [0.2, 0.25) is 0 Å². The second kappa shape index (κ2) is 8.00. The maximum atomic E-state index is 5.84. The summed E-state index contributed by atoms with van der Waals surface area (Å²) < 4.78 is 5.84. The summed E-state index contributed by atoms with van der Waals surface area (Å²) >= 11 is 3.48. The molecular formula is C17H19BrO. The molecule has 100 valence electrons. The van der Waals surface area contributed by atoms with Crippen molar-refractivity contribution < 1.29 is 4.74 Å². The second-order valence-electron chi connectivity index (χ2n) is 4.53. The molecule has 0 amide bonds. The summed E-state index contributed by atoms with van der Waals surface area (Å²) in [5.41, 5.74) is 2.62. The van der Waals surface area contributed by atoms with Crippen LogP contribution in [-0.2, 0) is 11.8 Å². The number of para-hydroxylation sites is 1. The summed E-state index contributed by atoms with van der Waals surface area (Å²) in [5, 5.41) is 0.840. The van der Waals surface area contributed by atoms with Crippen LogP contribution in [0.1, 0.15) is 24.0 Å². The predicted molar refractivity (Wildman–Crippen MR) is 83.9 cm³/mol. The number of unbranched alkanes of at least 4 members (excludes halogenated alkanes) is 1. The van der Waals surface area contributed by atoms with Crippen molar-refractivity contribution >= 4 is 15.9 Å². The van der Waals surface area contributed by atoms with Crippen LogP contribution in [0.2, 0.25) is 0 Å². The molecule has 2 rings (SSSR count). The lowest BCUT2D eigenvalue weighted by Crippen LogP contribution is -2.00. The van der Waals surface area contributed by atoms with E-state index in [1.165, 1.54) is 17.5 Å². The molecule has 0 N–H and O–H groups in total. The fraction of sp³-hybridized carbons (Fsp3) is 0.294. The van der Waals surface area contributed by atoms with Gasteiger partial charge in [-0.25, -0.2) is 0 Å². The summed E-state index contributed by atoms with van der Waals surface area (Å²) in [5.74, 6) is 0.999. The number of halogens is 1. The van der Waals surface area contributed by atoms with Crippen LogP contribution in [0.5, 0.6) is 5.75 Å². The van der Waals surface area contributed by atoms with Gasteiger partial charge in [-0.15, -0.1) is 0 Å². The number of ether oxygens (including phenoxy) is 1. The smallest absolute Gasteiger partial charge is 0.123 e. The van der Waals surface area contributed by atoms with Crippen molar-refractivity contribution in [3.63, 3.8) is 0 Å². The summed E-state index contributed by atoms with van der Waals surface area (Å²) in [4.78, 5) is 0. The van der Waals surface area contributed by atoms with Gasteiger partial charge >= 0.3 is 0 Å². The minimum Gasteiger partial charge on any atom is -0.493 e. The van der Waals surface area contributed by atoms with Gasteiger partial charge in [0, 0.05) is 10.9 Å². The van der Waals surface area contributed by atoms with Crippen molar-refractivity contribution in [1.29, 1.82) is 0 Å². The zero-order valence-electron chi connectivity index (χ0n) is 11.0. The second-order valence-corrected chi connectivity index (χ2v) is 5.09. The highest BCUT2D eigenvalue weighted by atomic mass is 79.9. The van der Waals surface area contributed by atoms with E-state index in [0.717, 1.165) is 30.5 Å². The Morgan fingerprint density at radius 3 is 2.37 bits per heavy atom. The van der Waals surface area contributed by atoms with Gasteiger partial charge in [-0.3, -0.25) is 0 Å². The highest BCUT2D eigenvalue weighted by Crippen LogP contribution is 2.20. The lowest BCUT2D eigenvalue weighted by molar-refractivity contribution is 0.305. The molecule has 0 saturated carbocycles. The summed E-state index contributed by atoms with van der Waals surface area (Å²) in [6, 6.07) is 18.8. The Labute approximate surface area is 123 Å². The van der Waals surface area contributed by atoms with Crippen LogP contribution < -0.4 is 4.74 Å². The van der Waals surface area contributed by atoms with Gasteiger partial charge in [0.05, 0.1) is 6.61 Å². The van der Waals surface area contributed by atoms with Gasteiger partial charge in [-0.2, -0.15) is 0 Å². The van der Waals surface area contributed by atoms with Gasteiger partial charge in [0.15, 0.2) is 0 Å². The third-order valence-electron chi connectivity index (χ3n) is 3.08. The molecule has 0 spiro atoms. The van der Waals surface area contributed by atoms with Crippen LogP contribution in [0.4, 0.5) is 0 Å². The maximum Gasteiger partial charge on any atom is 0.123 e. The Morgan fingerprint density at radius 1 is 0.842 bits per heavy atom. The van der Waals surface area contributed by atoms with E-state index >= 15 is 0 Å². The Balaban J connectivity index is 1.69. The first kappa shape index (κ1) is 14.1. The third kappa shape index (κ3) is 4.71. The van der Waals surface area contributed by atoms with Crippen LogP contribution in [0.3, 0.4) is 0 Å². The Bertz CT molecular complexity index is 482. The molecule has 2 aromatic rings. The van der Waals surface area contributed by atoms with Crippen molar-refractivity contribution in [2.45, 2.75) is 24.6 Å². The number of rotatable bonds is 7. The topological polar surface area (TPSA) is 9.23 Å². The first-order valence-electron chi connectivity index (χ1n) is 6.71. The standard InChI is InChI=1S/C17H19BrO/c18-14-16-11-4-5-12-17(16)19-13-7-6-10-15-8-2-1-3-9-15/h1-5,8-9,11-12H,6-7,10,13-14H2. The zero-order chi connectivity index (χ0) is 13.3. The lowest BCUT2D eigenvalue weighted by atomic mass is 10.1. The SMILES string of the molecule is BrCc1ccccc1OCCCCc1ccccc1. The molecule has 0 aliphatic rings. The van der Waals surface area contributed by atoms with E-state index in [0.29, 0.717) is 0 Å². The van der Waals surface area contributed by atoms with Crippen molar-refractivity contribution in [2.75, 3.05) is 6.61 Å². The van der Waals surface area contributed by atoms with Crippen LogP contribution >= 0.6 is 15.9 Å². The first-order valence-corrected chi connectivity index (χ1v) is 7.83. The fourth-order valence-electron chi connectivity index (χ4n) is 2.01. The van der Waals surface area contributed by atoms with E-state index in [9.17, 15) is 0 Å². The largest absolute Gasteiger partial charge is 0.493 e. The number of aryl methyl sites for hydroxylation is 1. The minimum absolute atomic E-state index is 0.789. The summed E-state index contributed by atoms with van der Waals surface area (Å²) in [6.45, 7) is 0.789. The van der Waals surface area contributed by atoms with E-state index in [1.54, 1.807) is 0 Å². The molecule has 0 heterocycles. The average Bonchev–Trinajstić information content (AvgIpc) is 2.48. The molecule has 0 fully saturated rings. The molecule has 0 radical (unpaired) electrons. The van der Waals surface area contributed by atoms with Crippen molar-refractivity contribution in [3.05, 3.63) is 65.7 Å². The van der Waals surface area contributed by atoms with E-state index in [-0.39, 0.29) is 0 Å². The van der Waals surface area contributed by atoms with Crippen molar-refractivity contribution in [1.82, 2.24) is 0 Å².